The second kappa shape index (κ2) is 9.22. The van der Waals surface area contributed by atoms with Crippen LogP contribution in [0.4, 0.5) is 24.5 Å². The van der Waals surface area contributed by atoms with Gasteiger partial charge < -0.3 is 15.5 Å². The van der Waals surface area contributed by atoms with E-state index in [1.807, 2.05) is 0 Å². The lowest BCUT2D eigenvalue weighted by molar-refractivity contribution is -0.137. The van der Waals surface area contributed by atoms with Crippen molar-refractivity contribution in [2.75, 3.05) is 23.7 Å². The lowest BCUT2D eigenvalue weighted by Gasteiger charge is -2.20. The van der Waals surface area contributed by atoms with E-state index in [1.54, 1.807) is 31.2 Å². The lowest BCUT2D eigenvalue weighted by Crippen LogP contribution is -2.37. The van der Waals surface area contributed by atoms with E-state index in [-0.39, 0.29) is 24.6 Å². The summed E-state index contributed by atoms with van der Waals surface area (Å²) in [5.74, 6) is -1.22. The van der Waals surface area contributed by atoms with Crippen molar-refractivity contribution in [3.8, 4) is 0 Å². The molecule has 0 bridgehead atoms. The molecule has 0 aromatic heterocycles. The predicted molar refractivity (Wildman–Crippen MR) is 102 cm³/mol. The Morgan fingerprint density at radius 3 is 1.86 bits per heavy atom. The Hall–Kier alpha value is -3.36. The maximum Gasteiger partial charge on any atom is 0.416 e. The minimum atomic E-state index is -4.48. The molecule has 0 aliphatic carbocycles. The molecule has 2 aromatic carbocycles. The molecule has 0 aliphatic rings. The summed E-state index contributed by atoms with van der Waals surface area (Å²) in [6.07, 6.45) is -4.48. The molecule has 29 heavy (non-hydrogen) atoms. The Morgan fingerprint density at radius 1 is 0.897 bits per heavy atom. The first-order chi connectivity index (χ1) is 13.6. The van der Waals surface area contributed by atoms with Crippen LogP contribution in [0, 0.1) is 0 Å². The summed E-state index contributed by atoms with van der Waals surface area (Å²) in [5, 5.41) is 5.23. The molecule has 0 unspecified atom stereocenters. The van der Waals surface area contributed by atoms with Crippen LogP contribution in [0.5, 0.6) is 0 Å². The van der Waals surface area contributed by atoms with Crippen LogP contribution in [-0.4, -0.2) is 35.7 Å². The molecule has 2 aromatic rings. The van der Waals surface area contributed by atoms with E-state index in [2.05, 4.69) is 10.6 Å². The number of hydrogen-bond acceptors (Lipinski definition) is 3. The maximum atomic E-state index is 12.6. The summed E-state index contributed by atoms with van der Waals surface area (Å²) >= 11 is 0. The highest BCUT2D eigenvalue weighted by Crippen LogP contribution is 2.29. The molecule has 154 valence electrons. The molecule has 0 saturated heterocycles. The normalized spacial score (nSPS) is 10.9. The van der Waals surface area contributed by atoms with Crippen molar-refractivity contribution in [3.63, 3.8) is 0 Å². The third-order valence-corrected chi connectivity index (χ3v) is 3.95. The molecule has 3 amide bonds. The lowest BCUT2D eigenvalue weighted by atomic mass is 10.1. The minimum Gasteiger partial charge on any atom is -0.330 e. The number of alkyl halides is 3. The monoisotopic (exact) mass is 407 g/mol. The Kier molecular flexibility index (Phi) is 6.98. The standard InChI is InChI=1S/C20H20F3N3O3/c1-3-26(19(29)14-4-6-15(7-5-14)20(21,22)23)12-18(28)25-17-10-8-16(9-11-17)24-13(2)27/h4-11H,3,12H2,1-2H3,(H,24,27)(H,25,28). The molecular formula is C20H20F3N3O3. The Labute approximate surface area is 165 Å². The quantitative estimate of drug-likeness (QED) is 0.765. The van der Waals surface area contributed by atoms with Gasteiger partial charge in [0.1, 0.15) is 6.54 Å². The Bertz CT molecular complexity index is 879. The Balaban J connectivity index is 2.00. The highest BCUT2D eigenvalue weighted by molar-refractivity contribution is 5.99. The van der Waals surface area contributed by atoms with Gasteiger partial charge in [-0.1, -0.05) is 0 Å². The first-order valence-electron chi connectivity index (χ1n) is 8.74. The molecule has 0 fully saturated rings. The molecule has 0 radical (unpaired) electrons. The summed E-state index contributed by atoms with van der Waals surface area (Å²) in [5.41, 5.74) is 0.259. The van der Waals surface area contributed by atoms with Gasteiger partial charge in [-0.25, -0.2) is 0 Å². The zero-order valence-electron chi connectivity index (χ0n) is 15.8. The summed E-state index contributed by atoms with van der Waals surface area (Å²) in [7, 11) is 0. The Morgan fingerprint density at radius 2 is 1.41 bits per heavy atom. The zero-order valence-corrected chi connectivity index (χ0v) is 15.8. The minimum absolute atomic E-state index is 0.0623. The molecule has 6 nitrogen and oxygen atoms in total. The van der Waals surface area contributed by atoms with Gasteiger partial charge in [0.15, 0.2) is 0 Å². The van der Waals surface area contributed by atoms with Crippen molar-refractivity contribution < 1.29 is 27.6 Å². The SMILES string of the molecule is CCN(CC(=O)Nc1ccc(NC(C)=O)cc1)C(=O)c1ccc(C(F)(F)F)cc1. The molecule has 2 N–H and O–H groups in total. The number of likely N-dealkylation sites (N-methyl/N-ethyl adjacent to an activating group) is 1. The van der Waals surface area contributed by atoms with Crippen LogP contribution in [0.2, 0.25) is 0 Å². The van der Waals surface area contributed by atoms with E-state index >= 15 is 0 Å². The van der Waals surface area contributed by atoms with Crippen LogP contribution in [0.3, 0.4) is 0 Å². The number of benzene rings is 2. The number of carbonyl (C=O) groups excluding carboxylic acids is 3. The third kappa shape index (κ3) is 6.34. The van der Waals surface area contributed by atoms with Gasteiger partial charge in [-0.15, -0.1) is 0 Å². The van der Waals surface area contributed by atoms with E-state index < -0.39 is 23.6 Å². The van der Waals surface area contributed by atoms with Gasteiger partial charge in [-0.2, -0.15) is 13.2 Å². The first-order valence-corrected chi connectivity index (χ1v) is 8.74. The van der Waals surface area contributed by atoms with Crippen LogP contribution in [0.15, 0.2) is 48.5 Å². The van der Waals surface area contributed by atoms with Crippen molar-refractivity contribution in [1.29, 1.82) is 0 Å². The summed E-state index contributed by atoms with van der Waals surface area (Å²) in [6, 6.07) is 10.3. The number of anilines is 2. The van der Waals surface area contributed by atoms with Gasteiger partial charge in [0.25, 0.3) is 5.91 Å². The van der Waals surface area contributed by atoms with Gasteiger partial charge in [-0.05, 0) is 55.5 Å². The number of hydrogen-bond donors (Lipinski definition) is 2. The van der Waals surface area contributed by atoms with Crippen LogP contribution in [-0.2, 0) is 15.8 Å². The zero-order chi connectivity index (χ0) is 21.6. The van der Waals surface area contributed by atoms with Crippen molar-refractivity contribution in [2.24, 2.45) is 0 Å². The molecule has 0 saturated carbocycles. The number of nitrogens with one attached hydrogen (secondary N) is 2. The van der Waals surface area contributed by atoms with E-state index in [1.165, 1.54) is 11.8 Å². The summed E-state index contributed by atoms with van der Waals surface area (Å²) in [6.45, 7) is 2.98. The third-order valence-electron chi connectivity index (χ3n) is 3.95. The molecule has 9 heteroatoms. The van der Waals surface area contributed by atoms with Crippen molar-refractivity contribution in [2.45, 2.75) is 20.0 Å². The van der Waals surface area contributed by atoms with E-state index in [9.17, 15) is 27.6 Å². The van der Waals surface area contributed by atoms with Crippen molar-refractivity contribution >= 4 is 29.1 Å². The summed E-state index contributed by atoms with van der Waals surface area (Å²) < 4.78 is 37.9. The van der Waals surface area contributed by atoms with Crippen LogP contribution in [0.1, 0.15) is 29.8 Å². The van der Waals surface area contributed by atoms with Gasteiger partial charge >= 0.3 is 6.18 Å². The van der Waals surface area contributed by atoms with Crippen LogP contribution in [0.25, 0.3) is 0 Å². The number of amides is 3. The number of carbonyl (C=O) groups is 3. The number of nitrogens with zero attached hydrogens (tertiary/aromatic N) is 1. The predicted octanol–water partition coefficient (Wildman–Crippen LogP) is 3.76. The smallest absolute Gasteiger partial charge is 0.330 e. The van der Waals surface area contributed by atoms with Gasteiger partial charge in [0, 0.05) is 30.4 Å². The average Bonchev–Trinajstić information content (AvgIpc) is 2.66. The van der Waals surface area contributed by atoms with Crippen molar-refractivity contribution in [1.82, 2.24) is 4.90 Å². The molecule has 2 rings (SSSR count). The maximum absolute atomic E-state index is 12.6. The fourth-order valence-electron chi connectivity index (χ4n) is 2.53. The van der Waals surface area contributed by atoms with Crippen LogP contribution < -0.4 is 10.6 Å². The molecule has 0 heterocycles. The van der Waals surface area contributed by atoms with Gasteiger partial charge in [0.2, 0.25) is 11.8 Å². The van der Waals surface area contributed by atoms with Gasteiger partial charge in [-0.3, -0.25) is 14.4 Å². The van der Waals surface area contributed by atoms with Crippen LogP contribution >= 0.6 is 0 Å². The van der Waals surface area contributed by atoms with E-state index in [0.717, 1.165) is 24.3 Å². The topological polar surface area (TPSA) is 78.5 Å². The summed E-state index contributed by atoms with van der Waals surface area (Å²) in [4.78, 5) is 37.0. The first kappa shape index (κ1) is 21.9. The van der Waals surface area contributed by atoms with Crippen molar-refractivity contribution in [3.05, 3.63) is 59.7 Å². The number of halogens is 3. The van der Waals surface area contributed by atoms with Gasteiger partial charge in [0.05, 0.1) is 5.56 Å². The largest absolute Gasteiger partial charge is 0.416 e. The molecule has 0 atom stereocenters. The fourth-order valence-corrected chi connectivity index (χ4v) is 2.53. The number of rotatable bonds is 6. The second-order valence-electron chi connectivity index (χ2n) is 6.20. The fraction of sp³-hybridized carbons (Fsp3) is 0.250. The van der Waals surface area contributed by atoms with E-state index in [0.29, 0.717) is 11.4 Å². The highest BCUT2D eigenvalue weighted by Gasteiger charge is 2.30. The van der Waals surface area contributed by atoms with E-state index in [4.69, 9.17) is 0 Å². The molecule has 0 spiro atoms. The average molecular weight is 407 g/mol. The second-order valence-corrected chi connectivity index (χ2v) is 6.20. The molecular weight excluding hydrogens is 387 g/mol. The highest BCUT2D eigenvalue weighted by atomic mass is 19.4. The molecule has 0 aliphatic heterocycles.